The zero-order valence-electron chi connectivity index (χ0n) is 19.4. The average molecular weight is 526 g/mol. The van der Waals surface area contributed by atoms with Gasteiger partial charge in [-0.25, -0.2) is 15.1 Å². The van der Waals surface area contributed by atoms with Gasteiger partial charge in [0.05, 0.1) is 29.1 Å². The number of aromatic nitrogens is 4. The Labute approximate surface area is 211 Å². The van der Waals surface area contributed by atoms with Crippen molar-refractivity contribution < 1.29 is 28.1 Å². The molecule has 14 heteroatoms. The molecule has 0 amide bonds. The normalized spacial score (nSPS) is 21.7. The summed E-state index contributed by atoms with van der Waals surface area (Å²) in [7, 11) is -2.49. The van der Waals surface area contributed by atoms with Gasteiger partial charge in [-0.3, -0.25) is 4.98 Å². The predicted molar refractivity (Wildman–Crippen MR) is 133 cm³/mol. The van der Waals surface area contributed by atoms with E-state index < -0.39 is 34.7 Å². The van der Waals surface area contributed by atoms with Crippen LogP contribution < -0.4 is 20.3 Å². The van der Waals surface area contributed by atoms with E-state index in [2.05, 4.69) is 31.5 Å². The van der Waals surface area contributed by atoms with E-state index in [-0.39, 0.29) is 12.4 Å². The van der Waals surface area contributed by atoms with Crippen LogP contribution in [0.1, 0.15) is 17.4 Å². The standard InChI is InChI=1S/C23H23N7O6S/c1-35-15-7-5-12-3-2-8-26-18(12)14(15)6-4-13-10-30(22-17(13)21(24)27-11-28-22)23-20(32)19(31)16(36-23)9-29-37(25,33)34/h2-3,5,7-8,10-11,16,19-20,23,29,31-32H,9H2,1H3,(H2,24,27,28)(H2,25,33,34)/t16-,19-,20-,23-/m1/s1. The topological polar surface area (TPSA) is 201 Å². The third-order valence-corrected chi connectivity index (χ3v) is 6.58. The van der Waals surface area contributed by atoms with Crippen molar-refractivity contribution in [3.05, 3.63) is 54.1 Å². The van der Waals surface area contributed by atoms with Crippen molar-refractivity contribution in [3.63, 3.8) is 0 Å². The third-order valence-electron chi connectivity index (χ3n) is 6.01. The van der Waals surface area contributed by atoms with Crippen molar-refractivity contribution in [1.82, 2.24) is 24.2 Å². The molecule has 0 unspecified atom stereocenters. The Hall–Kier alpha value is -3.84. The van der Waals surface area contributed by atoms with Gasteiger partial charge in [0.1, 0.15) is 41.9 Å². The largest absolute Gasteiger partial charge is 0.495 e. The van der Waals surface area contributed by atoms with Gasteiger partial charge in [0.2, 0.25) is 0 Å². The lowest BCUT2D eigenvalue weighted by atomic mass is 10.1. The van der Waals surface area contributed by atoms with Crippen molar-refractivity contribution in [2.45, 2.75) is 24.5 Å². The van der Waals surface area contributed by atoms with Crippen molar-refractivity contribution in [1.29, 1.82) is 0 Å². The fourth-order valence-electron chi connectivity index (χ4n) is 4.27. The number of nitrogens with one attached hydrogen (secondary N) is 1. The molecule has 4 heterocycles. The number of pyridine rings is 1. The summed E-state index contributed by atoms with van der Waals surface area (Å²) < 4.78 is 37.3. The Kier molecular flexibility index (Phi) is 6.42. The molecule has 37 heavy (non-hydrogen) atoms. The first kappa shape index (κ1) is 24.8. The van der Waals surface area contributed by atoms with E-state index in [1.54, 1.807) is 18.5 Å². The van der Waals surface area contributed by atoms with Crippen LogP contribution in [0, 0.1) is 11.8 Å². The van der Waals surface area contributed by atoms with Gasteiger partial charge in [0, 0.05) is 24.3 Å². The maximum Gasteiger partial charge on any atom is 0.274 e. The lowest BCUT2D eigenvalue weighted by molar-refractivity contribution is -0.0327. The first-order valence-corrected chi connectivity index (χ1v) is 12.6. The van der Waals surface area contributed by atoms with Crippen molar-refractivity contribution in [2.24, 2.45) is 5.14 Å². The van der Waals surface area contributed by atoms with Crippen LogP contribution in [0.3, 0.4) is 0 Å². The van der Waals surface area contributed by atoms with Crippen molar-refractivity contribution >= 4 is 38.0 Å². The molecule has 0 radical (unpaired) electrons. The Morgan fingerprint density at radius 1 is 1.19 bits per heavy atom. The highest BCUT2D eigenvalue weighted by molar-refractivity contribution is 7.87. The minimum Gasteiger partial charge on any atom is -0.495 e. The van der Waals surface area contributed by atoms with Crippen molar-refractivity contribution in [3.8, 4) is 17.6 Å². The third kappa shape index (κ3) is 4.67. The highest BCUT2D eigenvalue weighted by Gasteiger charge is 2.44. The number of benzene rings is 1. The van der Waals surface area contributed by atoms with E-state index in [1.165, 1.54) is 18.0 Å². The number of fused-ring (bicyclic) bond motifs is 2. The summed E-state index contributed by atoms with van der Waals surface area (Å²) in [5, 5.41) is 27.4. The molecule has 1 fully saturated rings. The van der Waals surface area contributed by atoms with E-state index in [0.29, 0.717) is 33.4 Å². The van der Waals surface area contributed by atoms with Crippen LogP contribution in [0.4, 0.5) is 5.82 Å². The molecular weight excluding hydrogens is 502 g/mol. The second-order valence-electron chi connectivity index (χ2n) is 8.32. The number of hydrogen-bond donors (Lipinski definition) is 5. The molecule has 1 saturated heterocycles. The molecule has 0 bridgehead atoms. The van der Waals surface area contributed by atoms with Gasteiger partial charge >= 0.3 is 0 Å². The van der Waals surface area contributed by atoms with Gasteiger partial charge in [-0.15, -0.1) is 0 Å². The zero-order chi connectivity index (χ0) is 26.3. The summed E-state index contributed by atoms with van der Waals surface area (Å²) in [4.78, 5) is 12.8. The smallest absolute Gasteiger partial charge is 0.274 e. The number of nitrogen functional groups attached to an aromatic ring is 1. The molecule has 0 aliphatic carbocycles. The zero-order valence-corrected chi connectivity index (χ0v) is 20.3. The summed E-state index contributed by atoms with van der Waals surface area (Å²) in [6, 6.07) is 7.42. The quantitative estimate of drug-likeness (QED) is 0.209. The van der Waals surface area contributed by atoms with Crippen LogP contribution in [-0.4, -0.2) is 70.1 Å². The lowest BCUT2D eigenvalue weighted by Crippen LogP contribution is -2.42. The van der Waals surface area contributed by atoms with E-state index >= 15 is 0 Å². The number of methoxy groups -OCH3 is 1. The number of ether oxygens (including phenoxy) is 2. The molecule has 192 valence electrons. The monoisotopic (exact) mass is 525 g/mol. The van der Waals surface area contributed by atoms with Gasteiger partial charge in [0.15, 0.2) is 6.23 Å². The summed E-state index contributed by atoms with van der Waals surface area (Å²) in [6.07, 6.45) is -0.529. The lowest BCUT2D eigenvalue weighted by Gasteiger charge is -2.17. The number of nitrogens with two attached hydrogens (primary N) is 2. The average Bonchev–Trinajstić information content (AvgIpc) is 3.38. The van der Waals surface area contributed by atoms with Crippen LogP contribution in [0.5, 0.6) is 5.75 Å². The number of hydrogen-bond acceptors (Lipinski definition) is 10. The van der Waals surface area contributed by atoms with Gasteiger partial charge in [-0.1, -0.05) is 17.9 Å². The molecule has 1 aliphatic heterocycles. The molecule has 4 atom stereocenters. The SMILES string of the molecule is COc1ccc2cccnc2c1C#Cc1cn([C@@H]2O[C@H](CNS(N)(=O)=O)[C@@H](O)[C@H]2O)c2ncnc(N)c12. The highest BCUT2D eigenvalue weighted by Crippen LogP contribution is 2.34. The first-order valence-electron chi connectivity index (χ1n) is 11.0. The minimum atomic E-state index is -4.03. The predicted octanol–water partition coefficient (Wildman–Crippen LogP) is -0.618. The number of anilines is 1. The molecular formula is C23H23N7O6S. The van der Waals surface area contributed by atoms with Gasteiger partial charge in [-0.2, -0.15) is 13.1 Å². The molecule has 13 nitrogen and oxygen atoms in total. The molecule has 4 aromatic rings. The molecule has 1 aromatic carbocycles. The fraction of sp³-hybridized carbons (Fsp3) is 0.261. The minimum absolute atomic E-state index is 0.150. The van der Waals surface area contributed by atoms with E-state index in [9.17, 15) is 18.6 Å². The Bertz CT molecular complexity index is 1660. The summed E-state index contributed by atoms with van der Waals surface area (Å²) in [6.45, 7) is -0.343. The molecule has 0 spiro atoms. The van der Waals surface area contributed by atoms with Gasteiger partial charge in [0.25, 0.3) is 10.2 Å². The number of nitrogens with zero attached hydrogens (tertiary/aromatic N) is 4. The molecule has 1 aliphatic rings. The van der Waals surface area contributed by atoms with Gasteiger partial charge < -0.3 is 30.0 Å². The Balaban J connectivity index is 1.58. The van der Waals surface area contributed by atoms with E-state index in [1.807, 2.05) is 18.2 Å². The maximum atomic E-state index is 11.3. The van der Waals surface area contributed by atoms with Gasteiger partial charge in [-0.05, 0) is 18.2 Å². The summed E-state index contributed by atoms with van der Waals surface area (Å²) >= 11 is 0. The Morgan fingerprint density at radius 2 is 2.00 bits per heavy atom. The summed E-state index contributed by atoms with van der Waals surface area (Å²) in [5.41, 5.74) is 8.11. The van der Waals surface area contributed by atoms with E-state index in [4.69, 9.17) is 20.3 Å². The fourth-order valence-corrected chi connectivity index (χ4v) is 4.67. The molecule has 7 N–H and O–H groups in total. The second kappa shape index (κ2) is 9.56. The maximum absolute atomic E-state index is 11.3. The van der Waals surface area contributed by atoms with E-state index in [0.717, 1.165) is 5.39 Å². The molecule has 3 aromatic heterocycles. The van der Waals surface area contributed by atoms with Crippen molar-refractivity contribution in [2.75, 3.05) is 19.4 Å². The van der Waals surface area contributed by atoms with Crippen LogP contribution >= 0.6 is 0 Å². The number of rotatable bonds is 5. The first-order chi connectivity index (χ1) is 17.7. The number of aliphatic hydroxyl groups excluding tert-OH is 2. The molecule has 5 rings (SSSR count). The van der Waals surface area contributed by atoms with Crippen LogP contribution in [-0.2, 0) is 14.9 Å². The highest BCUT2D eigenvalue weighted by atomic mass is 32.2. The van der Waals surface area contributed by atoms with Crippen LogP contribution in [0.25, 0.3) is 21.9 Å². The second-order valence-corrected chi connectivity index (χ2v) is 9.69. The Morgan fingerprint density at radius 3 is 2.76 bits per heavy atom. The van der Waals surface area contributed by atoms with Crippen LogP contribution in [0.2, 0.25) is 0 Å². The summed E-state index contributed by atoms with van der Waals surface area (Å²) in [5.74, 6) is 6.87. The number of aliphatic hydroxyl groups is 2. The van der Waals surface area contributed by atoms with Crippen LogP contribution in [0.15, 0.2) is 43.0 Å². The molecule has 0 saturated carbocycles.